The van der Waals surface area contributed by atoms with Gasteiger partial charge >= 0.3 is 162 Å². The molecular weight excluding hydrogens is 2420 g/mol. The van der Waals surface area contributed by atoms with Crippen LogP contribution in [-0.2, 0) is 42.7 Å². The standard InChI is InChI=1S/C38H44N6O4S.C26H32B2O4S.C12H18BrN3O2.C3H3N2.CH4.6HI.In.2V/c1-37(2,3)47-35(45)43-18-7-9-30(43)33-39-21-28(41-33)24-13-11-23(12-14-24)25-15-16-27(32-26(25)17-20-49-32)29-22-40-34(42-29)31-10-8-19-44(31)36(46)48-38(4,5)6;1-23(2)24(3,4)30-27(29-23)18-11-9-17(10-12-18)19-13-14-21(22-20(19)15-16-33-22)28-31-25(5,6)26(7,8)32-28;1-12(2,3)18-11(17)16-6-4-5-8(16)10-14-7-9(13)15-10;1-2-5-3-4-1;;;;;;;;;;/h11-17,20-22,30-31H,7-10,18-19H2,1-6H3,(H,39,41)(H,40,42);9-16H,1-8H3;7-8H,4-6H2,1-3H3,(H,14,15);1-3H;1H4;6*1H;;;/q;;;-1;;;;;;;;;2*+3/p-6/t30-,31-;;8-;;;;;;;;;;;/m0.0.........../s1. The Balaban J connectivity index is 0.000000214. The molecule has 5 saturated heterocycles. The molecule has 35 heteroatoms. The number of nitrogens with one attached hydrogen (secondary N) is 3. The number of ether oxygens (including phenoxy) is 3. The van der Waals surface area contributed by atoms with Crippen LogP contribution in [0.4, 0.5) is 14.4 Å². The van der Waals surface area contributed by atoms with Gasteiger partial charge in [0.1, 0.15) is 38.9 Å². The topological polar surface area (TPSA) is 239 Å². The molecule has 3 N–H and O–H groups in total. The van der Waals surface area contributed by atoms with Crippen molar-refractivity contribution in [3.05, 3.63) is 155 Å². The SMILES string of the molecule is C.CC(C)(C)OC(=O)N1CCC[C@H]1c1ncc(-c2ccc(-c3ccc(-c4cnc([C@@H]5CCCN5C(=O)OC(C)(C)C)[nH]4)c4sccc34)cc2)[nH]1.CC(C)(C)OC(=O)N1CCC[C@H]1c1ncc(Br)[nH]1.CC1(C)OB(c2ccc(-c3ccc(B4OC(C)(C)C(C)(C)O4)c4sccc34)cc2)OC1(C)C.[I][V]([I])[I].[I][V]([I])[I].[In].c1c[n-]cn1. The van der Waals surface area contributed by atoms with Crippen LogP contribution in [0.25, 0.3) is 64.9 Å². The number of H-pyrrole nitrogens is 3. The summed E-state index contributed by atoms with van der Waals surface area (Å²) in [5.41, 5.74) is 7.77. The van der Waals surface area contributed by atoms with Crippen LogP contribution in [0.15, 0.2) is 138 Å². The minimum Gasteiger partial charge on any atom is -0.450 e. The van der Waals surface area contributed by atoms with Crippen LogP contribution < -0.4 is 15.9 Å². The molecule has 6 aromatic heterocycles. The van der Waals surface area contributed by atoms with E-state index in [1.54, 1.807) is 56.0 Å². The zero-order valence-electron chi connectivity index (χ0n) is 67.0. The Kier molecular flexibility index (Phi) is 36.4. The number of likely N-dealkylation sites (tertiary alicyclic amines) is 3. The van der Waals surface area contributed by atoms with Gasteiger partial charge in [0, 0.05) is 71.3 Å². The van der Waals surface area contributed by atoms with E-state index in [9.17, 15) is 14.4 Å². The van der Waals surface area contributed by atoms with Gasteiger partial charge in [0.15, 0.2) is 0 Å². The third-order valence-electron chi connectivity index (χ3n) is 20.0. The van der Waals surface area contributed by atoms with Crippen LogP contribution in [0.3, 0.4) is 0 Å². The van der Waals surface area contributed by atoms with Crippen molar-refractivity contribution in [1.29, 1.82) is 0 Å². The van der Waals surface area contributed by atoms with E-state index in [2.05, 4.69) is 322 Å². The van der Waals surface area contributed by atoms with Gasteiger partial charge in [-0.15, -0.1) is 22.7 Å². The van der Waals surface area contributed by atoms with Crippen LogP contribution in [0.2, 0.25) is 0 Å². The molecule has 617 valence electrons. The van der Waals surface area contributed by atoms with Crippen molar-refractivity contribution in [2.24, 2.45) is 0 Å². The third kappa shape index (κ3) is 26.5. The Hall–Kier alpha value is -1.68. The van der Waals surface area contributed by atoms with Crippen molar-refractivity contribution in [2.45, 2.75) is 221 Å². The number of aromatic nitrogens is 8. The summed E-state index contributed by atoms with van der Waals surface area (Å²) >= 11 is 21.5. The van der Waals surface area contributed by atoms with Gasteiger partial charge < -0.3 is 57.7 Å². The maximum absolute atomic E-state index is 12.9. The zero-order chi connectivity index (χ0) is 82.3. The minimum absolute atomic E-state index is 0. The molecule has 5 aliphatic heterocycles. The number of nitrogens with zero attached hydrogens (tertiary/aromatic N) is 8. The second-order valence-electron chi connectivity index (χ2n) is 32.6. The summed E-state index contributed by atoms with van der Waals surface area (Å²) in [5.74, 6) is 2.38. The number of rotatable bonds is 9. The van der Waals surface area contributed by atoms with Crippen LogP contribution in [0.5, 0.6) is 0 Å². The van der Waals surface area contributed by atoms with E-state index in [1.807, 2.05) is 74.7 Å². The maximum Gasteiger partial charge on any atom is 0 e. The molecule has 11 heterocycles. The summed E-state index contributed by atoms with van der Waals surface area (Å²) < 4.78 is 45.0. The molecule has 4 aromatic carbocycles. The average molecular weight is 2520 g/mol. The number of imidazole rings is 4. The number of fused-ring (bicyclic) bond motifs is 2. The number of carbonyl (C=O) groups is 3. The van der Waals surface area contributed by atoms with E-state index < -0.39 is 16.8 Å². The van der Waals surface area contributed by atoms with Crippen LogP contribution in [0, 0.1) is 0 Å². The first kappa shape index (κ1) is 98.8. The van der Waals surface area contributed by atoms with Crippen molar-refractivity contribution in [1.82, 2.24) is 54.6 Å². The van der Waals surface area contributed by atoms with Gasteiger partial charge in [0.2, 0.25) is 0 Å². The minimum atomic E-state index is -0.546. The molecule has 0 spiro atoms. The summed E-state index contributed by atoms with van der Waals surface area (Å²) in [4.78, 5) is 73.6. The summed E-state index contributed by atoms with van der Waals surface area (Å²) in [6.45, 7) is 35.7. The van der Waals surface area contributed by atoms with Crippen molar-refractivity contribution in [3.8, 4) is 44.8 Å². The maximum atomic E-state index is 12.9. The van der Waals surface area contributed by atoms with E-state index in [-0.39, 0.29) is 116 Å². The number of halogens is 7. The van der Waals surface area contributed by atoms with E-state index >= 15 is 0 Å². The third-order valence-corrected chi connectivity index (χ3v) is 22.3. The normalized spacial score (nSPS) is 18.6. The molecule has 3 atom stereocenters. The fraction of sp³-hybridized carbons (Fsp3) is 0.463. The van der Waals surface area contributed by atoms with E-state index in [1.165, 1.54) is 37.6 Å². The molecule has 0 saturated carbocycles. The summed E-state index contributed by atoms with van der Waals surface area (Å²) in [6, 6.07) is 29.8. The number of carbonyl (C=O) groups excluding carboxylic acids is 3. The van der Waals surface area contributed by atoms with Gasteiger partial charge in [-0.1, -0.05) is 98.9 Å². The number of benzene rings is 4. The van der Waals surface area contributed by atoms with Crippen molar-refractivity contribution in [2.75, 3.05) is 19.6 Å². The molecular formula is C80H101B2BrI6InN11O10S2V2-. The average Bonchev–Trinajstić information content (AvgIpc) is 1.61. The zero-order valence-corrected chi connectivity index (χ0v) is 89.3. The van der Waals surface area contributed by atoms with Crippen LogP contribution in [-0.4, -0.2) is 167 Å². The Morgan fingerprint density at radius 3 is 1.28 bits per heavy atom. The van der Waals surface area contributed by atoms with Gasteiger partial charge in [-0.3, -0.25) is 14.7 Å². The Morgan fingerprint density at radius 2 is 0.878 bits per heavy atom. The molecule has 0 bridgehead atoms. The second-order valence-corrected chi connectivity index (χ2v) is 106. The predicted octanol–water partition coefficient (Wildman–Crippen LogP) is 23.5. The van der Waals surface area contributed by atoms with Crippen LogP contribution >= 0.6 is 158 Å². The number of hydrogen-bond acceptors (Lipinski definition) is 16. The van der Waals surface area contributed by atoms with Gasteiger partial charge in [0.05, 0.1) is 70.5 Å². The first-order chi connectivity index (χ1) is 53.0. The molecule has 115 heavy (non-hydrogen) atoms. The molecule has 5 fully saturated rings. The van der Waals surface area contributed by atoms with Crippen molar-refractivity contribution in [3.63, 3.8) is 0 Å². The summed E-state index contributed by atoms with van der Waals surface area (Å²) in [7, 11) is -0.716. The first-order valence-electron chi connectivity index (χ1n) is 37.1. The summed E-state index contributed by atoms with van der Waals surface area (Å²) in [6.07, 6.45) is 14.8. The quantitative estimate of drug-likeness (QED) is 0.0692. The second kappa shape index (κ2) is 42.3. The molecule has 10 aromatic rings. The molecule has 15 rings (SSSR count). The van der Waals surface area contributed by atoms with E-state index in [0.29, 0.717) is 13.1 Å². The number of amides is 3. The molecule has 21 nitrogen and oxygen atoms in total. The number of thiophene rings is 2. The van der Waals surface area contributed by atoms with Gasteiger partial charge in [-0.05, 0) is 234 Å². The fourth-order valence-corrected chi connectivity index (χ4v) is 15.6. The molecule has 3 amide bonds. The van der Waals surface area contributed by atoms with Crippen molar-refractivity contribution >= 4 is 248 Å². The number of aromatic amines is 3. The molecule has 3 radical (unpaired) electrons. The monoisotopic (exact) mass is 2520 g/mol. The van der Waals surface area contributed by atoms with E-state index in [0.717, 1.165) is 112 Å². The number of hydrogen-bond donors (Lipinski definition) is 3. The Labute approximate surface area is 789 Å². The predicted molar refractivity (Wildman–Crippen MR) is 516 cm³/mol. The molecule has 0 unspecified atom stereocenters. The van der Waals surface area contributed by atoms with Gasteiger partial charge in [0.25, 0.3) is 0 Å². The smallest absolute Gasteiger partial charge is 0 e. The molecule has 5 aliphatic rings. The van der Waals surface area contributed by atoms with E-state index in [4.69, 9.17) is 37.8 Å². The van der Waals surface area contributed by atoms with Gasteiger partial charge in [-0.25, -0.2) is 29.3 Å². The Morgan fingerprint density at radius 1 is 0.513 bits per heavy atom. The fourth-order valence-electron chi connectivity index (χ4n) is 13.4. The largest absolute Gasteiger partial charge is 0.450 e. The molecule has 0 aliphatic carbocycles. The van der Waals surface area contributed by atoms with Crippen LogP contribution in [0.1, 0.15) is 199 Å². The van der Waals surface area contributed by atoms with Gasteiger partial charge in [-0.2, -0.15) is 0 Å². The summed E-state index contributed by atoms with van der Waals surface area (Å²) in [5, 5.41) is 6.66. The first-order valence-corrected chi connectivity index (χ1v) is 66.7. The Bertz CT molecular complexity index is 4770. The van der Waals surface area contributed by atoms with Crippen molar-refractivity contribution < 1.29 is 57.1 Å².